The van der Waals surface area contributed by atoms with Crippen LogP contribution in [0, 0.1) is 0 Å². The second kappa shape index (κ2) is 6.17. The highest BCUT2D eigenvalue weighted by atomic mass is 35.5. The molecule has 0 aliphatic heterocycles. The van der Waals surface area contributed by atoms with Crippen molar-refractivity contribution in [2.24, 2.45) is 0 Å². The fourth-order valence-electron chi connectivity index (χ4n) is 2.45. The number of hydrogen-bond acceptors (Lipinski definition) is 4. The van der Waals surface area contributed by atoms with Gasteiger partial charge in [0.25, 0.3) is 0 Å². The van der Waals surface area contributed by atoms with Crippen molar-refractivity contribution >= 4 is 17.4 Å². The van der Waals surface area contributed by atoms with Gasteiger partial charge < -0.3 is 10.0 Å². The molecule has 1 aromatic rings. The molecular weight excluding hydrogens is 238 g/mol. The van der Waals surface area contributed by atoms with Crippen LogP contribution in [0.2, 0.25) is 5.15 Å². The van der Waals surface area contributed by atoms with Gasteiger partial charge in [-0.05, 0) is 25.0 Å². The maximum Gasteiger partial charge on any atom is 0.151 e. The van der Waals surface area contributed by atoms with E-state index in [9.17, 15) is 0 Å². The molecule has 94 valence electrons. The van der Waals surface area contributed by atoms with Crippen molar-refractivity contribution in [2.45, 2.75) is 38.1 Å². The maximum absolute atomic E-state index is 9.17. The SMILES string of the molecule is OCCN(c1ccc(Cl)nn1)C1CCCCC1. The summed E-state index contributed by atoms with van der Waals surface area (Å²) in [5.74, 6) is 0.815. The molecule has 1 N–H and O–H groups in total. The zero-order valence-electron chi connectivity index (χ0n) is 9.85. The molecule has 1 aromatic heterocycles. The van der Waals surface area contributed by atoms with E-state index in [1.807, 2.05) is 6.07 Å². The number of rotatable bonds is 4. The van der Waals surface area contributed by atoms with Gasteiger partial charge in [0.15, 0.2) is 11.0 Å². The van der Waals surface area contributed by atoms with Gasteiger partial charge in [0.1, 0.15) is 0 Å². The Morgan fingerprint density at radius 2 is 2.00 bits per heavy atom. The summed E-state index contributed by atoms with van der Waals surface area (Å²) in [6, 6.07) is 4.10. The van der Waals surface area contributed by atoms with Crippen molar-refractivity contribution in [3.8, 4) is 0 Å². The van der Waals surface area contributed by atoms with Gasteiger partial charge in [-0.2, -0.15) is 0 Å². The Bertz CT molecular complexity index is 338. The predicted octanol–water partition coefficient (Wildman–Crippen LogP) is 2.26. The van der Waals surface area contributed by atoms with Gasteiger partial charge in [-0.3, -0.25) is 0 Å². The molecule has 5 heteroatoms. The highest BCUT2D eigenvalue weighted by molar-refractivity contribution is 6.29. The number of anilines is 1. The first kappa shape index (κ1) is 12.6. The average Bonchev–Trinajstić information content (AvgIpc) is 2.38. The van der Waals surface area contributed by atoms with Crippen molar-refractivity contribution in [1.29, 1.82) is 0 Å². The molecule has 0 amide bonds. The molecule has 1 aliphatic rings. The van der Waals surface area contributed by atoms with E-state index in [4.69, 9.17) is 16.7 Å². The van der Waals surface area contributed by atoms with E-state index in [1.54, 1.807) is 6.07 Å². The lowest BCUT2D eigenvalue weighted by Gasteiger charge is -2.34. The van der Waals surface area contributed by atoms with Gasteiger partial charge in [0.2, 0.25) is 0 Å². The highest BCUT2D eigenvalue weighted by Crippen LogP contribution is 2.25. The molecule has 0 radical (unpaired) electrons. The number of hydrogen-bond donors (Lipinski definition) is 1. The molecule has 0 aromatic carbocycles. The molecule has 17 heavy (non-hydrogen) atoms. The molecule has 0 atom stereocenters. The summed E-state index contributed by atoms with van der Waals surface area (Å²) in [5.41, 5.74) is 0. The van der Waals surface area contributed by atoms with Crippen molar-refractivity contribution in [3.63, 3.8) is 0 Å². The van der Waals surface area contributed by atoms with Gasteiger partial charge in [0.05, 0.1) is 6.61 Å². The van der Waals surface area contributed by atoms with E-state index in [2.05, 4.69) is 15.1 Å². The van der Waals surface area contributed by atoms with Crippen LogP contribution in [0.15, 0.2) is 12.1 Å². The van der Waals surface area contributed by atoms with Crippen LogP contribution < -0.4 is 4.90 Å². The Labute approximate surface area is 107 Å². The largest absolute Gasteiger partial charge is 0.395 e. The maximum atomic E-state index is 9.17. The van der Waals surface area contributed by atoms with Gasteiger partial charge in [0, 0.05) is 12.6 Å². The van der Waals surface area contributed by atoms with Crippen molar-refractivity contribution in [1.82, 2.24) is 10.2 Å². The van der Waals surface area contributed by atoms with E-state index in [0.717, 1.165) is 5.82 Å². The molecule has 0 saturated heterocycles. The molecule has 1 heterocycles. The molecule has 1 aliphatic carbocycles. The molecule has 4 nitrogen and oxygen atoms in total. The molecule has 1 saturated carbocycles. The predicted molar refractivity (Wildman–Crippen MR) is 68.3 cm³/mol. The number of nitrogens with zero attached hydrogens (tertiary/aromatic N) is 3. The first-order valence-electron chi connectivity index (χ1n) is 6.18. The highest BCUT2D eigenvalue weighted by Gasteiger charge is 2.22. The molecule has 0 unspecified atom stereocenters. The van der Waals surface area contributed by atoms with Crippen LogP contribution in [-0.2, 0) is 0 Å². The molecule has 2 rings (SSSR count). The Morgan fingerprint density at radius 1 is 1.24 bits per heavy atom. The second-order valence-corrected chi connectivity index (χ2v) is 4.81. The summed E-state index contributed by atoms with van der Waals surface area (Å²) >= 11 is 5.74. The van der Waals surface area contributed by atoms with Crippen LogP contribution in [0.3, 0.4) is 0 Å². The number of aliphatic hydroxyl groups is 1. The molecule has 0 spiro atoms. The summed E-state index contributed by atoms with van der Waals surface area (Å²) in [6.45, 7) is 0.752. The third kappa shape index (κ3) is 3.30. The Hall–Kier alpha value is -0.870. The van der Waals surface area contributed by atoms with Crippen molar-refractivity contribution in [3.05, 3.63) is 17.3 Å². The minimum absolute atomic E-state index is 0.140. The summed E-state index contributed by atoms with van der Waals surface area (Å²) in [5, 5.41) is 17.5. The van der Waals surface area contributed by atoms with Gasteiger partial charge in [-0.25, -0.2) is 0 Å². The van der Waals surface area contributed by atoms with E-state index in [1.165, 1.54) is 32.1 Å². The standard InChI is InChI=1S/C12H18ClN3O/c13-11-6-7-12(15-14-11)16(8-9-17)10-4-2-1-3-5-10/h6-7,10,17H,1-5,8-9H2. The zero-order valence-corrected chi connectivity index (χ0v) is 10.6. The van der Waals surface area contributed by atoms with E-state index in [-0.39, 0.29) is 6.61 Å². The summed E-state index contributed by atoms with van der Waals surface area (Å²) in [4.78, 5) is 2.16. The Morgan fingerprint density at radius 3 is 2.59 bits per heavy atom. The fourth-order valence-corrected chi connectivity index (χ4v) is 2.55. The smallest absolute Gasteiger partial charge is 0.151 e. The van der Waals surface area contributed by atoms with Crippen LogP contribution >= 0.6 is 11.6 Å². The Kier molecular flexibility index (Phi) is 4.57. The van der Waals surface area contributed by atoms with E-state index in [0.29, 0.717) is 17.7 Å². The number of halogens is 1. The van der Waals surface area contributed by atoms with Gasteiger partial charge in [-0.1, -0.05) is 30.9 Å². The second-order valence-electron chi connectivity index (χ2n) is 4.42. The first-order chi connectivity index (χ1) is 8.31. The topological polar surface area (TPSA) is 49.2 Å². The number of aliphatic hydroxyl groups excluding tert-OH is 1. The normalized spacial score (nSPS) is 17.1. The first-order valence-corrected chi connectivity index (χ1v) is 6.56. The van der Waals surface area contributed by atoms with E-state index < -0.39 is 0 Å². The number of aromatic nitrogens is 2. The summed E-state index contributed by atoms with van der Waals surface area (Å²) in [6.07, 6.45) is 6.17. The van der Waals surface area contributed by atoms with Gasteiger partial charge in [-0.15, -0.1) is 10.2 Å². The van der Waals surface area contributed by atoms with Crippen LogP contribution in [-0.4, -0.2) is 34.5 Å². The lowest BCUT2D eigenvalue weighted by Crippen LogP contribution is -2.39. The lowest BCUT2D eigenvalue weighted by atomic mass is 9.94. The molecule has 1 fully saturated rings. The fraction of sp³-hybridized carbons (Fsp3) is 0.667. The summed E-state index contributed by atoms with van der Waals surface area (Å²) in [7, 11) is 0. The zero-order chi connectivity index (χ0) is 12.1. The Balaban J connectivity index is 2.12. The van der Waals surface area contributed by atoms with Crippen molar-refractivity contribution in [2.75, 3.05) is 18.1 Å². The summed E-state index contributed by atoms with van der Waals surface area (Å²) < 4.78 is 0. The van der Waals surface area contributed by atoms with Crippen LogP contribution in [0.1, 0.15) is 32.1 Å². The lowest BCUT2D eigenvalue weighted by molar-refractivity contribution is 0.289. The van der Waals surface area contributed by atoms with Crippen LogP contribution in [0.4, 0.5) is 5.82 Å². The average molecular weight is 256 g/mol. The third-order valence-electron chi connectivity index (χ3n) is 3.27. The minimum Gasteiger partial charge on any atom is -0.395 e. The van der Waals surface area contributed by atoms with Gasteiger partial charge >= 0.3 is 0 Å². The van der Waals surface area contributed by atoms with E-state index >= 15 is 0 Å². The monoisotopic (exact) mass is 255 g/mol. The molecular formula is C12H18ClN3O. The minimum atomic E-state index is 0.140. The van der Waals surface area contributed by atoms with Crippen LogP contribution in [0.5, 0.6) is 0 Å². The third-order valence-corrected chi connectivity index (χ3v) is 3.47. The molecule has 0 bridgehead atoms. The van der Waals surface area contributed by atoms with Crippen molar-refractivity contribution < 1.29 is 5.11 Å². The quantitative estimate of drug-likeness (QED) is 0.897. The van der Waals surface area contributed by atoms with Crippen LogP contribution in [0.25, 0.3) is 0 Å².